The molecule has 1 fully saturated rings. The Bertz CT molecular complexity index is 393. The van der Waals surface area contributed by atoms with Crippen LogP contribution in [0.5, 0.6) is 0 Å². The van der Waals surface area contributed by atoms with Gasteiger partial charge in [0, 0.05) is 18.3 Å². The molecule has 1 N–H and O–H groups in total. The van der Waals surface area contributed by atoms with Gasteiger partial charge in [0.05, 0.1) is 0 Å². The third-order valence-electron chi connectivity index (χ3n) is 3.71. The number of hydrogen-bond donors (Lipinski definition) is 1. The van der Waals surface area contributed by atoms with E-state index in [1.54, 1.807) is 0 Å². The number of carbonyl (C=O) groups is 1. The molecule has 104 valence electrons. The van der Waals surface area contributed by atoms with Gasteiger partial charge in [0.1, 0.15) is 0 Å². The third-order valence-corrected chi connectivity index (χ3v) is 3.98. The maximum Gasteiger partial charge on any atom is 0.223 e. The van der Waals surface area contributed by atoms with Crippen LogP contribution in [0.4, 0.5) is 0 Å². The zero-order valence-electron chi connectivity index (χ0n) is 11.3. The lowest BCUT2D eigenvalue weighted by Gasteiger charge is -2.05. The first-order valence-electron chi connectivity index (χ1n) is 7.21. The summed E-state index contributed by atoms with van der Waals surface area (Å²) in [4.78, 5) is 11.9. The molecule has 1 amide bonds. The van der Waals surface area contributed by atoms with Crippen molar-refractivity contribution in [1.29, 1.82) is 0 Å². The standard InChI is InChI=1S/C16H22ClNO/c17-10-6-1-2-7-11-18-16(19)15-12-14(15)13-8-4-3-5-9-13/h3-5,8-9,14-15H,1-2,6-7,10-12H2,(H,18,19). The van der Waals surface area contributed by atoms with Gasteiger partial charge in [-0.25, -0.2) is 0 Å². The van der Waals surface area contributed by atoms with Gasteiger partial charge in [-0.1, -0.05) is 43.2 Å². The second-order valence-electron chi connectivity index (χ2n) is 5.25. The summed E-state index contributed by atoms with van der Waals surface area (Å²) in [6.07, 6.45) is 5.46. The summed E-state index contributed by atoms with van der Waals surface area (Å²) in [5.41, 5.74) is 1.30. The van der Waals surface area contributed by atoms with Crippen molar-refractivity contribution in [2.24, 2.45) is 5.92 Å². The first-order valence-corrected chi connectivity index (χ1v) is 7.75. The van der Waals surface area contributed by atoms with Gasteiger partial charge in [-0.2, -0.15) is 0 Å². The number of rotatable bonds is 8. The number of halogens is 1. The third kappa shape index (κ3) is 4.54. The van der Waals surface area contributed by atoms with Gasteiger partial charge in [-0.05, 0) is 30.7 Å². The Balaban J connectivity index is 1.61. The van der Waals surface area contributed by atoms with E-state index in [-0.39, 0.29) is 11.8 Å². The summed E-state index contributed by atoms with van der Waals surface area (Å²) in [6.45, 7) is 0.805. The lowest BCUT2D eigenvalue weighted by Crippen LogP contribution is -2.26. The van der Waals surface area contributed by atoms with Crippen LogP contribution in [0.2, 0.25) is 0 Å². The van der Waals surface area contributed by atoms with Crippen LogP contribution in [0.15, 0.2) is 30.3 Å². The molecule has 0 radical (unpaired) electrons. The van der Waals surface area contributed by atoms with E-state index in [0.717, 1.165) is 44.5 Å². The molecule has 1 aromatic carbocycles. The fourth-order valence-corrected chi connectivity index (χ4v) is 2.66. The van der Waals surface area contributed by atoms with E-state index in [9.17, 15) is 4.79 Å². The van der Waals surface area contributed by atoms with E-state index in [2.05, 4.69) is 17.4 Å². The molecule has 2 atom stereocenters. The van der Waals surface area contributed by atoms with E-state index in [1.807, 2.05) is 18.2 Å². The second kappa shape index (κ2) is 7.54. The van der Waals surface area contributed by atoms with Crippen molar-refractivity contribution in [2.75, 3.05) is 12.4 Å². The average Bonchev–Trinajstić information content (AvgIpc) is 3.24. The molecule has 0 aromatic heterocycles. The molecule has 19 heavy (non-hydrogen) atoms. The maximum atomic E-state index is 11.9. The zero-order chi connectivity index (χ0) is 13.5. The lowest BCUT2D eigenvalue weighted by molar-refractivity contribution is -0.122. The highest BCUT2D eigenvalue weighted by molar-refractivity contribution is 6.17. The average molecular weight is 280 g/mol. The summed E-state index contributed by atoms with van der Waals surface area (Å²) >= 11 is 5.62. The van der Waals surface area contributed by atoms with Crippen molar-refractivity contribution in [3.63, 3.8) is 0 Å². The molecule has 0 bridgehead atoms. The molecule has 1 saturated carbocycles. The van der Waals surface area contributed by atoms with E-state index in [4.69, 9.17) is 11.6 Å². The number of nitrogens with one attached hydrogen (secondary N) is 1. The van der Waals surface area contributed by atoms with Crippen LogP contribution in [0.1, 0.15) is 43.6 Å². The van der Waals surface area contributed by atoms with Crippen molar-refractivity contribution in [3.05, 3.63) is 35.9 Å². The van der Waals surface area contributed by atoms with Crippen molar-refractivity contribution in [1.82, 2.24) is 5.32 Å². The predicted octanol–water partition coefficient (Wildman–Crippen LogP) is 3.71. The van der Waals surface area contributed by atoms with Crippen LogP contribution in [-0.4, -0.2) is 18.3 Å². The minimum absolute atomic E-state index is 0.199. The van der Waals surface area contributed by atoms with E-state index in [0.29, 0.717) is 5.92 Å². The van der Waals surface area contributed by atoms with Crippen molar-refractivity contribution >= 4 is 17.5 Å². The van der Waals surface area contributed by atoms with E-state index in [1.165, 1.54) is 5.56 Å². The van der Waals surface area contributed by atoms with Crippen LogP contribution >= 0.6 is 11.6 Å². The molecule has 0 saturated heterocycles. The van der Waals surface area contributed by atoms with E-state index >= 15 is 0 Å². The summed E-state index contributed by atoms with van der Waals surface area (Å²) in [5, 5.41) is 3.05. The summed E-state index contributed by atoms with van der Waals surface area (Å²) in [7, 11) is 0. The molecule has 1 aliphatic carbocycles. The van der Waals surface area contributed by atoms with Crippen LogP contribution in [0.25, 0.3) is 0 Å². The second-order valence-corrected chi connectivity index (χ2v) is 5.63. The largest absolute Gasteiger partial charge is 0.356 e. The van der Waals surface area contributed by atoms with E-state index < -0.39 is 0 Å². The molecule has 1 aromatic rings. The van der Waals surface area contributed by atoms with Crippen molar-refractivity contribution in [2.45, 2.75) is 38.0 Å². The van der Waals surface area contributed by atoms with Gasteiger partial charge in [0.15, 0.2) is 0 Å². The Labute approximate surface area is 120 Å². The molecular formula is C16H22ClNO. The fourth-order valence-electron chi connectivity index (χ4n) is 2.47. The SMILES string of the molecule is O=C(NCCCCCCCl)C1CC1c1ccccc1. The summed E-state index contributed by atoms with van der Waals surface area (Å²) in [5.74, 6) is 1.61. The van der Waals surface area contributed by atoms with Crippen LogP contribution in [0, 0.1) is 5.92 Å². The van der Waals surface area contributed by atoms with Gasteiger partial charge in [0.25, 0.3) is 0 Å². The Morgan fingerprint density at radius 1 is 1.16 bits per heavy atom. The van der Waals surface area contributed by atoms with Crippen LogP contribution < -0.4 is 5.32 Å². The monoisotopic (exact) mass is 279 g/mol. The zero-order valence-corrected chi connectivity index (χ0v) is 12.0. The highest BCUT2D eigenvalue weighted by Gasteiger charge is 2.43. The molecule has 3 heteroatoms. The van der Waals surface area contributed by atoms with Gasteiger partial charge >= 0.3 is 0 Å². The Hall–Kier alpha value is -1.02. The van der Waals surface area contributed by atoms with Gasteiger partial charge in [-0.3, -0.25) is 4.79 Å². The molecular weight excluding hydrogens is 258 g/mol. The summed E-state index contributed by atoms with van der Waals surface area (Å²) < 4.78 is 0. The smallest absolute Gasteiger partial charge is 0.223 e. The molecule has 1 aliphatic rings. The number of alkyl halides is 1. The van der Waals surface area contributed by atoms with Crippen LogP contribution in [0.3, 0.4) is 0 Å². The molecule has 0 spiro atoms. The Morgan fingerprint density at radius 3 is 2.63 bits per heavy atom. The Kier molecular flexibility index (Phi) is 5.71. The predicted molar refractivity (Wildman–Crippen MR) is 79.5 cm³/mol. The number of carbonyl (C=O) groups excluding carboxylic acids is 1. The highest BCUT2D eigenvalue weighted by atomic mass is 35.5. The molecule has 2 nitrogen and oxygen atoms in total. The molecule has 0 heterocycles. The van der Waals surface area contributed by atoms with Crippen LogP contribution in [-0.2, 0) is 4.79 Å². The minimum Gasteiger partial charge on any atom is -0.356 e. The molecule has 2 unspecified atom stereocenters. The number of unbranched alkanes of at least 4 members (excludes halogenated alkanes) is 3. The number of amides is 1. The Morgan fingerprint density at radius 2 is 1.89 bits per heavy atom. The van der Waals surface area contributed by atoms with Gasteiger partial charge < -0.3 is 5.32 Å². The minimum atomic E-state index is 0.199. The lowest BCUT2D eigenvalue weighted by atomic mass is 10.1. The van der Waals surface area contributed by atoms with Crippen molar-refractivity contribution < 1.29 is 4.79 Å². The van der Waals surface area contributed by atoms with Crippen molar-refractivity contribution in [3.8, 4) is 0 Å². The number of benzene rings is 1. The maximum absolute atomic E-state index is 11.9. The first-order chi connectivity index (χ1) is 9.33. The quantitative estimate of drug-likeness (QED) is 0.570. The molecule has 2 rings (SSSR count). The molecule has 0 aliphatic heterocycles. The topological polar surface area (TPSA) is 29.1 Å². The first kappa shape index (κ1) is 14.4. The highest BCUT2D eigenvalue weighted by Crippen LogP contribution is 2.47. The number of hydrogen-bond acceptors (Lipinski definition) is 1. The summed E-state index contributed by atoms with van der Waals surface area (Å²) in [6, 6.07) is 10.3. The van der Waals surface area contributed by atoms with Gasteiger partial charge in [-0.15, -0.1) is 11.6 Å². The fraction of sp³-hybridized carbons (Fsp3) is 0.562. The van der Waals surface area contributed by atoms with Gasteiger partial charge in [0.2, 0.25) is 5.91 Å². The normalized spacial score (nSPS) is 21.1.